The van der Waals surface area contributed by atoms with E-state index in [1.807, 2.05) is 12.1 Å². The normalized spacial score (nSPS) is 13.3. The van der Waals surface area contributed by atoms with Crippen molar-refractivity contribution in [1.29, 1.82) is 0 Å². The summed E-state index contributed by atoms with van der Waals surface area (Å²) in [5, 5.41) is 17.1. The zero-order valence-electron chi connectivity index (χ0n) is 25.6. The largest absolute Gasteiger partial charge is 0.480 e. The third kappa shape index (κ3) is 10.7. The number of amides is 3. The summed E-state index contributed by atoms with van der Waals surface area (Å²) in [5.74, 6) is -1.68. The molecule has 3 amide bonds. The van der Waals surface area contributed by atoms with Crippen LogP contribution in [0.5, 0.6) is 0 Å². The Balaban J connectivity index is 1.46. The first-order chi connectivity index (χ1) is 22.9. The van der Waals surface area contributed by atoms with Crippen molar-refractivity contribution in [2.45, 2.75) is 37.6 Å². The van der Waals surface area contributed by atoms with E-state index in [9.17, 15) is 32.3 Å². The Kier molecular flexibility index (Phi) is 12.9. The average molecular weight is 704 g/mol. The standard InChI is InChI=1S/C33H33ClF3N5O5S/c34-27-9-7-21(16-26(27)33(35,36)37)18-39-41-32(47)25-17-24(42-12-2-1-3-13-42)8-10-28(25)40-31(46)23-6-4-5-22(15-23)20-48-14-11-29(43)38-19-30(44)45/h4-10,15-18H,1-3,11-14,19-20H2,(H,38,43)(H,40,46)(H,41,47)(H,44,45). The molecule has 3 aromatic carbocycles. The Morgan fingerprint density at radius 1 is 0.979 bits per heavy atom. The number of benzene rings is 3. The topological polar surface area (TPSA) is 140 Å². The molecule has 48 heavy (non-hydrogen) atoms. The fraction of sp³-hybridized carbons (Fsp3) is 0.303. The van der Waals surface area contributed by atoms with Crippen LogP contribution in [0, 0.1) is 0 Å². The number of carboxylic acids is 1. The highest BCUT2D eigenvalue weighted by atomic mass is 35.5. The Bertz CT molecular complexity index is 1680. The van der Waals surface area contributed by atoms with Gasteiger partial charge in [0.2, 0.25) is 5.91 Å². The average Bonchev–Trinajstić information content (AvgIpc) is 3.06. The van der Waals surface area contributed by atoms with E-state index in [0.717, 1.165) is 62.0 Å². The number of carbonyl (C=O) groups is 4. The highest BCUT2D eigenvalue weighted by Gasteiger charge is 2.33. The molecule has 4 rings (SSSR count). The molecule has 0 aromatic heterocycles. The van der Waals surface area contributed by atoms with E-state index in [-0.39, 0.29) is 29.1 Å². The molecule has 1 saturated heterocycles. The number of hydrogen-bond donors (Lipinski definition) is 4. The zero-order chi connectivity index (χ0) is 34.7. The second-order valence-electron chi connectivity index (χ2n) is 10.8. The summed E-state index contributed by atoms with van der Waals surface area (Å²) in [6.07, 6.45) is -0.340. The van der Waals surface area contributed by atoms with Crippen LogP contribution >= 0.6 is 23.4 Å². The number of hydrazone groups is 1. The second-order valence-corrected chi connectivity index (χ2v) is 12.4. The first kappa shape index (κ1) is 36.3. The fourth-order valence-electron chi connectivity index (χ4n) is 4.86. The minimum absolute atomic E-state index is 0.0714. The number of carboxylic acid groups (broad SMARTS) is 1. The molecule has 0 saturated carbocycles. The van der Waals surface area contributed by atoms with Crippen LogP contribution in [0.3, 0.4) is 0 Å². The van der Waals surface area contributed by atoms with Crippen LogP contribution in [0.4, 0.5) is 24.5 Å². The Hall–Kier alpha value is -4.56. The number of halogens is 4. The maximum Gasteiger partial charge on any atom is 0.417 e. The van der Waals surface area contributed by atoms with Gasteiger partial charge >= 0.3 is 12.1 Å². The summed E-state index contributed by atoms with van der Waals surface area (Å²) in [5.41, 5.74) is 3.66. The van der Waals surface area contributed by atoms with E-state index in [4.69, 9.17) is 16.7 Å². The van der Waals surface area contributed by atoms with E-state index < -0.39 is 41.1 Å². The van der Waals surface area contributed by atoms with Crippen molar-refractivity contribution >= 4 is 64.6 Å². The van der Waals surface area contributed by atoms with Gasteiger partial charge in [0.1, 0.15) is 6.54 Å². The molecule has 1 aliphatic rings. The van der Waals surface area contributed by atoms with Gasteiger partial charge in [0.25, 0.3) is 11.8 Å². The number of nitrogens with one attached hydrogen (secondary N) is 3. The Morgan fingerprint density at radius 3 is 2.48 bits per heavy atom. The van der Waals surface area contributed by atoms with Crippen LogP contribution in [0.1, 0.15) is 63.1 Å². The molecule has 0 radical (unpaired) electrons. The highest BCUT2D eigenvalue weighted by Crippen LogP contribution is 2.35. The summed E-state index contributed by atoms with van der Waals surface area (Å²) in [6.45, 7) is 1.18. The van der Waals surface area contributed by atoms with E-state index in [1.165, 1.54) is 17.8 Å². The van der Waals surface area contributed by atoms with Crippen LogP contribution < -0.4 is 21.0 Å². The number of thioether (sulfide) groups is 1. The molecule has 1 heterocycles. The third-order valence-electron chi connectivity index (χ3n) is 7.26. The molecule has 0 atom stereocenters. The fourth-order valence-corrected chi connectivity index (χ4v) is 5.97. The van der Waals surface area contributed by atoms with Gasteiger partial charge < -0.3 is 20.6 Å². The summed E-state index contributed by atoms with van der Waals surface area (Å²) < 4.78 is 39.8. The number of anilines is 2. The molecule has 15 heteroatoms. The minimum Gasteiger partial charge on any atom is -0.480 e. The molecule has 10 nitrogen and oxygen atoms in total. The van der Waals surface area contributed by atoms with Crippen LogP contribution in [0.15, 0.2) is 65.8 Å². The lowest BCUT2D eigenvalue weighted by Crippen LogP contribution is -2.30. The third-order valence-corrected chi connectivity index (χ3v) is 8.62. The molecule has 3 aromatic rings. The first-order valence-electron chi connectivity index (χ1n) is 15.0. The van der Waals surface area contributed by atoms with Gasteiger partial charge in [0.05, 0.1) is 28.1 Å². The van der Waals surface area contributed by atoms with Crippen molar-refractivity contribution in [2.75, 3.05) is 35.6 Å². The lowest BCUT2D eigenvalue weighted by molar-refractivity contribution is -0.138. The predicted octanol–water partition coefficient (Wildman–Crippen LogP) is 6.19. The van der Waals surface area contributed by atoms with Gasteiger partial charge in [-0.3, -0.25) is 19.2 Å². The van der Waals surface area contributed by atoms with Gasteiger partial charge in [-0.15, -0.1) is 0 Å². The van der Waals surface area contributed by atoms with Crippen LogP contribution in [0.25, 0.3) is 0 Å². The number of nitrogens with zero attached hydrogens (tertiary/aromatic N) is 2. The number of aliphatic carboxylic acids is 1. The highest BCUT2D eigenvalue weighted by molar-refractivity contribution is 7.98. The SMILES string of the molecule is O=C(O)CNC(=O)CCSCc1cccc(C(=O)Nc2ccc(N3CCCCC3)cc2C(=O)NN=Cc2ccc(Cl)c(C(F)(F)F)c2)c1. The summed E-state index contributed by atoms with van der Waals surface area (Å²) >= 11 is 7.14. The number of piperidine rings is 1. The molecule has 0 unspecified atom stereocenters. The molecular formula is C33H33ClF3N5O5S. The van der Waals surface area contributed by atoms with E-state index in [0.29, 0.717) is 17.1 Å². The van der Waals surface area contributed by atoms with Crippen molar-refractivity contribution in [3.8, 4) is 0 Å². The lowest BCUT2D eigenvalue weighted by atomic mass is 10.1. The van der Waals surface area contributed by atoms with Gasteiger partial charge in [-0.2, -0.15) is 30.0 Å². The number of alkyl halides is 3. The number of rotatable bonds is 13. The van der Waals surface area contributed by atoms with Crippen LogP contribution in [-0.4, -0.2) is 60.4 Å². The molecule has 254 valence electrons. The van der Waals surface area contributed by atoms with Gasteiger partial charge in [-0.05, 0) is 72.9 Å². The monoisotopic (exact) mass is 703 g/mol. The van der Waals surface area contributed by atoms with Gasteiger partial charge in [-0.25, -0.2) is 5.43 Å². The minimum atomic E-state index is -4.66. The van der Waals surface area contributed by atoms with Crippen LogP contribution in [0.2, 0.25) is 5.02 Å². The molecule has 0 aliphatic carbocycles. The van der Waals surface area contributed by atoms with Gasteiger partial charge in [-0.1, -0.05) is 29.8 Å². The zero-order valence-corrected chi connectivity index (χ0v) is 27.2. The molecule has 4 N–H and O–H groups in total. The summed E-state index contributed by atoms with van der Waals surface area (Å²) in [4.78, 5) is 51.1. The number of carbonyl (C=O) groups excluding carboxylic acids is 3. The smallest absolute Gasteiger partial charge is 0.417 e. The predicted molar refractivity (Wildman–Crippen MR) is 180 cm³/mol. The molecule has 0 bridgehead atoms. The van der Waals surface area contributed by atoms with E-state index >= 15 is 0 Å². The number of hydrogen-bond acceptors (Lipinski definition) is 7. The van der Waals surface area contributed by atoms with Crippen molar-refractivity contribution in [2.24, 2.45) is 5.10 Å². The van der Waals surface area contributed by atoms with Gasteiger partial charge in [0, 0.05) is 42.3 Å². The maximum atomic E-state index is 13.4. The van der Waals surface area contributed by atoms with Crippen molar-refractivity contribution in [3.05, 3.63) is 93.5 Å². The van der Waals surface area contributed by atoms with Crippen molar-refractivity contribution < 1.29 is 37.5 Å². The van der Waals surface area contributed by atoms with Crippen molar-refractivity contribution in [1.82, 2.24) is 10.7 Å². The molecular weight excluding hydrogens is 671 g/mol. The first-order valence-corrected chi connectivity index (χ1v) is 16.5. The lowest BCUT2D eigenvalue weighted by Gasteiger charge is -2.29. The summed E-state index contributed by atoms with van der Waals surface area (Å²) in [6, 6.07) is 15.2. The Morgan fingerprint density at radius 2 is 1.75 bits per heavy atom. The quantitative estimate of drug-likeness (QED) is 0.0946. The summed E-state index contributed by atoms with van der Waals surface area (Å²) in [7, 11) is 0. The van der Waals surface area contributed by atoms with E-state index in [1.54, 1.807) is 30.3 Å². The van der Waals surface area contributed by atoms with Crippen molar-refractivity contribution in [3.63, 3.8) is 0 Å². The second kappa shape index (κ2) is 17.0. The maximum absolute atomic E-state index is 13.4. The van der Waals surface area contributed by atoms with E-state index in [2.05, 4.69) is 26.1 Å². The van der Waals surface area contributed by atoms with Crippen LogP contribution in [-0.2, 0) is 21.5 Å². The molecule has 1 aliphatic heterocycles. The molecule has 1 fully saturated rings. The molecule has 0 spiro atoms. The Labute approximate surface area is 284 Å². The van der Waals surface area contributed by atoms with Gasteiger partial charge in [0.15, 0.2) is 0 Å².